The van der Waals surface area contributed by atoms with Crippen molar-refractivity contribution in [1.29, 1.82) is 5.26 Å². The lowest BCUT2D eigenvalue weighted by molar-refractivity contribution is 0.412. The van der Waals surface area contributed by atoms with Crippen molar-refractivity contribution in [3.63, 3.8) is 0 Å². The Bertz CT molecular complexity index is 571. The van der Waals surface area contributed by atoms with Crippen molar-refractivity contribution in [1.82, 2.24) is 4.31 Å². The van der Waals surface area contributed by atoms with Crippen LogP contribution in [0.15, 0.2) is 29.2 Å². The van der Waals surface area contributed by atoms with Crippen LogP contribution in [0.4, 0.5) is 0 Å². The molecule has 0 heterocycles. The van der Waals surface area contributed by atoms with Crippen LogP contribution < -0.4 is 0 Å². The van der Waals surface area contributed by atoms with Gasteiger partial charge in [-0.15, -0.1) is 0 Å². The molecular weight excluding hydrogens is 248 g/mol. The van der Waals surface area contributed by atoms with Crippen LogP contribution in [-0.2, 0) is 10.0 Å². The number of rotatable bonds is 5. The normalized spacial score (nSPS) is 15.6. The summed E-state index contributed by atoms with van der Waals surface area (Å²) in [5.74, 6) is 0.513. The molecule has 1 saturated carbocycles. The van der Waals surface area contributed by atoms with Crippen LogP contribution in [0.5, 0.6) is 0 Å². The zero-order chi connectivity index (χ0) is 13.2. The van der Waals surface area contributed by atoms with Crippen molar-refractivity contribution in [3.05, 3.63) is 29.8 Å². The summed E-state index contributed by atoms with van der Waals surface area (Å²) in [6, 6.07) is 8.16. The molecule has 0 bridgehead atoms. The lowest BCUT2D eigenvalue weighted by Gasteiger charge is -2.20. The van der Waals surface area contributed by atoms with Crippen LogP contribution in [0.1, 0.15) is 25.3 Å². The van der Waals surface area contributed by atoms with Crippen LogP contribution in [0, 0.1) is 17.2 Å². The summed E-state index contributed by atoms with van der Waals surface area (Å²) in [6.45, 7) is 2.90. The summed E-state index contributed by atoms with van der Waals surface area (Å²) in [5.41, 5.74) is 0.374. The zero-order valence-electron chi connectivity index (χ0n) is 10.3. The molecule has 0 saturated heterocycles. The van der Waals surface area contributed by atoms with E-state index in [1.165, 1.54) is 10.4 Å². The van der Waals surface area contributed by atoms with E-state index in [1.807, 2.05) is 13.0 Å². The van der Waals surface area contributed by atoms with Gasteiger partial charge in [0, 0.05) is 13.1 Å². The SMILES string of the molecule is CCN(CC1CC1)S(=O)(=O)c1cccc(C#N)c1. The van der Waals surface area contributed by atoms with E-state index in [-0.39, 0.29) is 4.90 Å². The molecule has 96 valence electrons. The van der Waals surface area contributed by atoms with Gasteiger partial charge in [0.25, 0.3) is 0 Å². The zero-order valence-corrected chi connectivity index (χ0v) is 11.2. The van der Waals surface area contributed by atoms with Gasteiger partial charge in [0.1, 0.15) is 0 Å². The van der Waals surface area contributed by atoms with E-state index < -0.39 is 10.0 Å². The van der Waals surface area contributed by atoms with Crippen LogP contribution >= 0.6 is 0 Å². The van der Waals surface area contributed by atoms with E-state index in [4.69, 9.17) is 5.26 Å². The Morgan fingerprint density at radius 3 is 2.72 bits per heavy atom. The van der Waals surface area contributed by atoms with Crippen molar-refractivity contribution >= 4 is 10.0 Å². The van der Waals surface area contributed by atoms with E-state index in [9.17, 15) is 8.42 Å². The standard InChI is InChI=1S/C13H16N2O2S/c1-2-15(10-11-6-7-11)18(16,17)13-5-3-4-12(8-13)9-14/h3-5,8,11H,2,6-7,10H2,1H3. The van der Waals surface area contributed by atoms with Crippen LogP contribution in [0.2, 0.25) is 0 Å². The number of sulfonamides is 1. The van der Waals surface area contributed by atoms with Gasteiger partial charge in [-0.05, 0) is 37.0 Å². The summed E-state index contributed by atoms with van der Waals surface area (Å²) >= 11 is 0. The molecular formula is C13H16N2O2S. The second-order valence-corrected chi connectivity index (χ2v) is 6.48. The molecule has 0 atom stereocenters. The third kappa shape index (κ3) is 2.71. The largest absolute Gasteiger partial charge is 0.243 e. The number of hydrogen-bond acceptors (Lipinski definition) is 3. The predicted octanol–water partition coefficient (Wildman–Crippen LogP) is 1.98. The van der Waals surface area contributed by atoms with Gasteiger partial charge >= 0.3 is 0 Å². The van der Waals surface area contributed by atoms with Gasteiger partial charge in [-0.2, -0.15) is 9.57 Å². The lowest BCUT2D eigenvalue weighted by atomic mass is 10.2. The summed E-state index contributed by atoms with van der Waals surface area (Å²) in [6.07, 6.45) is 2.23. The maximum absolute atomic E-state index is 12.4. The highest BCUT2D eigenvalue weighted by Gasteiger charge is 2.30. The first-order chi connectivity index (χ1) is 8.57. The molecule has 0 unspecified atom stereocenters. The lowest BCUT2D eigenvalue weighted by Crippen LogP contribution is -2.32. The molecule has 1 fully saturated rings. The number of benzene rings is 1. The third-order valence-electron chi connectivity index (χ3n) is 3.11. The molecule has 0 N–H and O–H groups in total. The Kier molecular flexibility index (Phi) is 3.69. The molecule has 0 spiro atoms. The third-order valence-corrected chi connectivity index (χ3v) is 5.05. The Hall–Kier alpha value is -1.38. The Morgan fingerprint density at radius 2 is 2.17 bits per heavy atom. The van der Waals surface area contributed by atoms with Gasteiger partial charge < -0.3 is 0 Å². The first kappa shape index (κ1) is 13.1. The highest BCUT2D eigenvalue weighted by atomic mass is 32.2. The van der Waals surface area contributed by atoms with E-state index >= 15 is 0 Å². The smallest absolute Gasteiger partial charge is 0.207 e. The Morgan fingerprint density at radius 1 is 1.44 bits per heavy atom. The van der Waals surface area contributed by atoms with Crippen molar-refractivity contribution in [3.8, 4) is 6.07 Å². The fraction of sp³-hybridized carbons (Fsp3) is 0.462. The Balaban J connectivity index is 2.30. The van der Waals surface area contributed by atoms with Crippen molar-refractivity contribution < 1.29 is 8.42 Å². The molecule has 2 rings (SSSR count). The molecule has 5 heteroatoms. The van der Waals surface area contributed by atoms with E-state index in [0.717, 1.165) is 12.8 Å². The van der Waals surface area contributed by atoms with E-state index in [1.54, 1.807) is 18.2 Å². The van der Waals surface area contributed by atoms with Crippen LogP contribution in [-0.4, -0.2) is 25.8 Å². The molecule has 1 aromatic carbocycles. The second kappa shape index (κ2) is 5.09. The summed E-state index contributed by atoms with van der Waals surface area (Å²) in [4.78, 5) is 0.212. The molecule has 0 amide bonds. The maximum Gasteiger partial charge on any atom is 0.243 e. The molecule has 18 heavy (non-hydrogen) atoms. The number of nitriles is 1. The molecule has 1 aliphatic rings. The minimum atomic E-state index is -3.46. The number of hydrogen-bond donors (Lipinski definition) is 0. The maximum atomic E-state index is 12.4. The first-order valence-corrected chi connectivity index (χ1v) is 7.52. The van der Waals surface area contributed by atoms with Crippen molar-refractivity contribution in [2.24, 2.45) is 5.92 Å². The molecule has 0 aliphatic heterocycles. The monoisotopic (exact) mass is 264 g/mol. The quantitative estimate of drug-likeness (QED) is 0.817. The average molecular weight is 264 g/mol. The summed E-state index contributed by atoms with van der Waals surface area (Å²) in [7, 11) is -3.46. The average Bonchev–Trinajstić information content (AvgIpc) is 3.19. The minimum absolute atomic E-state index is 0.212. The van der Waals surface area contributed by atoms with Crippen LogP contribution in [0.3, 0.4) is 0 Å². The molecule has 1 aliphatic carbocycles. The first-order valence-electron chi connectivity index (χ1n) is 6.08. The summed E-state index contributed by atoms with van der Waals surface area (Å²) < 4.78 is 26.3. The number of nitrogens with zero attached hydrogens (tertiary/aromatic N) is 2. The fourth-order valence-corrected chi connectivity index (χ4v) is 3.43. The van der Waals surface area contributed by atoms with E-state index in [2.05, 4.69) is 0 Å². The predicted molar refractivity (Wildman–Crippen MR) is 68.3 cm³/mol. The van der Waals surface area contributed by atoms with Gasteiger partial charge in [-0.3, -0.25) is 0 Å². The van der Waals surface area contributed by atoms with Crippen molar-refractivity contribution in [2.75, 3.05) is 13.1 Å². The summed E-state index contributed by atoms with van der Waals surface area (Å²) in [5, 5.41) is 8.82. The molecule has 4 nitrogen and oxygen atoms in total. The second-order valence-electron chi connectivity index (χ2n) is 4.54. The van der Waals surface area contributed by atoms with Crippen LogP contribution in [0.25, 0.3) is 0 Å². The molecule has 0 radical (unpaired) electrons. The van der Waals surface area contributed by atoms with Gasteiger partial charge in [0.2, 0.25) is 10.0 Å². The highest BCUT2D eigenvalue weighted by Crippen LogP contribution is 2.31. The Labute approximate surface area is 108 Å². The highest BCUT2D eigenvalue weighted by molar-refractivity contribution is 7.89. The van der Waals surface area contributed by atoms with E-state index in [0.29, 0.717) is 24.6 Å². The van der Waals surface area contributed by atoms with Gasteiger partial charge in [-0.25, -0.2) is 8.42 Å². The van der Waals surface area contributed by atoms with Gasteiger partial charge in [-0.1, -0.05) is 13.0 Å². The van der Waals surface area contributed by atoms with Gasteiger partial charge in [0.15, 0.2) is 0 Å². The molecule has 1 aromatic rings. The minimum Gasteiger partial charge on any atom is -0.207 e. The molecule has 0 aromatic heterocycles. The topological polar surface area (TPSA) is 61.2 Å². The van der Waals surface area contributed by atoms with Gasteiger partial charge in [0.05, 0.1) is 16.5 Å². The van der Waals surface area contributed by atoms with Crippen molar-refractivity contribution in [2.45, 2.75) is 24.7 Å². The fourth-order valence-electron chi connectivity index (χ4n) is 1.86.